The van der Waals surface area contributed by atoms with Crippen LogP contribution in [-0.2, 0) is 31.9 Å². The van der Waals surface area contributed by atoms with Gasteiger partial charge in [0.15, 0.2) is 0 Å². The second kappa shape index (κ2) is 17.1. The van der Waals surface area contributed by atoms with Gasteiger partial charge in [0.05, 0.1) is 0 Å². The van der Waals surface area contributed by atoms with Gasteiger partial charge in [-0.15, -0.1) is 0 Å². The Morgan fingerprint density at radius 3 is 1.67 bits per heavy atom. The van der Waals surface area contributed by atoms with Gasteiger partial charge in [-0.25, -0.2) is 22.8 Å². The van der Waals surface area contributed by atoms with Gasteiger partial charge in [-0.3, -0.25) is 0 Å². The second-order valence-electron chi connectivity index (χ2n) is 11.9. The molecule has 4 nitrogen and oxygen atoms in total. The predicted octanol–water partition coefficient (Wildman–Crippen LogP) is 9.66. The Balaban J connectivity index is 0.000000251. The highest BCUT2D eigenvalue weighted by Gasteiger charge is 2.43. The van der Waals surface area contributed by atoms with Gasteiger partial charge in [0, 0.05) is 5.56 Å². The minimum absolute atomic E-state index is 0.0181. The van der Waals surface area contributed by atoms with E-state index in [4.69, 9.17) is 4.74 Å². The van der Waals surface area contributed by atoms with Gasteiger partial charge in [-0.2, -0.15) is 22.0 Å². The first-order valence-corrected chi connectivity index (χ1v) is 15.8. The molecule has 2 aliphatic carbocycles. The molecule has 2 aliphatic rings. The van der Waals surface area contributed by atoms with E-state index >= 15 is 0 Å². The molecule has 0 aromatic heterocycles. The molecule has 0 spiro atoms. The summed E-state index contributed by atoms with van der Waals surface area (Å²) in [7, 11) is 0. The number of alkyl halides is 5. The van der Waals surface area contributed by atoms with Gasteiger partial charge in [-0.1, -0.05) is 38.8 Å². The van der Waals surface area contributed by atoms with Gasteiger partial charge in [0.2, 0.25) is 0 Å². The van der Waals surface area contributed by atoms with Crippen LogP contribution in [0.2, 0.25) is 0 Å². The third-order valence-corrected chi connectivity index (χ3v) is 8.44. The zero-order valence-electron chi connectivity index (χ0n) is 25.9. The lowest BCUT2D eigenvalue weighted by Gasteiger charge is -2.29. The number of rotatable bonds is 9. The normalized spacial score (nSPS) is 21.7. The van der Waals surface area contributed by atoms with Gasteiger partial charge in [-0.05, 0) is 111 Å². The van der Waals surface area contributed by atoms with Crippen LogP contribution in [-0.4, -0.2) is 36.7 Å². The van der Waals surface area contributed by atoms with Crippen molar-refractivity contribution >= 4 is 11.9 Å². The summed E-state index contributed by atoms with van der Waals surface area (Å²) in [5.74, 6) is -5.45. The molecule has 2 aromatic rings. The maximum absolute atomic E-state index is 14.2. The maximum atomic E-state index is 14.2. The molecule has 0 aliphatic heterocycles. The molecular weight excluding hydrogens is 624 g/mol. The van der Waals surface area contributed by atoms with Crippen LogP contribution >= 0.6 is 0 Å². The molecule has 0 N–H and O–H groups in total. The zero-order valence-corrected chi connectivity index (χ0v) is 25.9. The van der Waals surface area contributed by atoms with Crippen molar-refractivity contribution in [2.24, 2.45) is 0 Å². The van der Waals surface area contributed by atoms with Gasteiger partial charge in [0.25, 0.3) is 0 Å². The minimum atomic E-state index is -5.02. The van der Waals surface area contributed by atoms with E-state index in [1.807, 2.05) is 26.0 Å². The summed E-state index contributed by atoms with van der Waals surface area (Å²) in [6.07, 6.45) is -3.12. The SMILES string of the molecule is CCCc1cc(F)c(C2CCC(OC(=O)C(F)(F)F)CC2)c(F)c1.CCCc1ccc(C2CCC(OC(=O)C(F)F)CC2)c(F)c1. The number of esters is 2. The van der Waals surface area contributed by atoms with Crippen LogP contribution in [0.4, 0.5) is 35.1 Å². The summed E-state index contributed by atoms with van der Waals surface area (Å²) in [4.78, 5) is 21.7. The fourth-order valence-electron chi connectivity index (χ4n) is 6.20. The Labute approximate surface area is 263 Å². The third kappa shape index (κ3) is 10.7. The van der Waals surface area contributed by atoms with Crippen molar-refractivity contribution in [1.82, 2.24) is 0 Å². The smallest absolute Gasteiger partial charge is 0.458 e. The zero-order chi connectivity index (χ0) is 34.0. The molecule has 0 atom stereocenters. The molecule has 0 saturated heterocycles. The number of hydrogen-bond donors (Lipinski definition) is 0. The van der Waals surface area contributed by atoms with Crippen molar-refractivity contribution in [3.8, 4) is 0 Å². The van der Waals surface area contributed by atoms with Crippen LogP contribution in [0.25, 0.3) is 0 Å². The standard InChI is InChI=1S/C17H19F5O2.C17H21F3O2/c1-2-3-10-8-13(18)15(14(19)9-10)11-4-6-12(7-5-11)24-16(23)17(20,21)22;1-2-3-11-4-9-14(15(18)10-11)12-5-7-13(8-6-12)22-17(21)16(19)20/h8-9,11-12H,2-7H2,1H3;4,9-10,12-13,16H,2-3,5-8H2,1H3. The van der Waals surface area contributed by atoms with Crippen LogP contribution in [0.1, 0.15) is 112 Å². The maximum Gasteiger partial charge on any atom is 0.490 e. The summed E-state index contributed by atoms with van der Waals surface area (Å²) in [5, 5.41) is 0. The highest BCUT2D eigenvalue weighted by molar-refractivity contribution is 5.75. The number of aryl methyl sites for hydroxylation is 2. The average molecular weight is 665 g/mol. The van der Waals surface area contributed by atoms with E-state index in [-0.39, 0.29) is 43.0 Å². The third-order valence-electron chi connectivity index (χ3n) is 8.44. The lowest BCUT2D eigenvalue weighted by atomic mass is 9.82. The first-order valence-electron chi connectivity index (χ1n) is 15.8. The number of ether oxygens (including phenoxy) is 2. The van der Waals surface area contributed by atoms with Crippen molar-refractivity contribution < 1.29 is 54.2 Å². The molecule has 2 aromatic carbocycles. The topological polar surface area (TPSA) is 52.6 Å². The van der Waals surface area contributed by atoms with Crippen molar-refractivity contribution in [1.29, 1.82) is 0 Å². The molecule has 0 radical (unpaired) electrons. The molecule has 0 heterocycles. The number of carbonyl (C=O) groups excluding carboxylic acids is 2. The van der Waals surface area contributed by atoms with Crippen molar-refractivity contribution in [3.63, 3.8) is 0 Å². The van der Waals surface area contributed by atoms with Crippen LogP contribution in [0, 0.1) is 17.5 Å². The quantitative estimate of drug-likeness (QED) is 0.198. The molecular formula is C34H40F8O4. The van der Waals surface area contributed by atoms with E-state index in [0.29, 0.717) is 43.2 Å². The van der Waals surface area contributed by atoms with Crippen molar-refractivity contribution in [2.45, 2.75) is 128 Å². The van der Waals surface area contributed by atoms with Gasteiger partial charge in [0.1, 0.15) is 29.7 Å². The fourth-order valence-corrected chi connectivity index (χ4v) is 6.20. The highest BCUT2D eigenvalue weighted by atomic mass is 19.4. The number of halogens is 8. The predicted molar refractivity (Wildman–Crippen MR) is 155 cm³/mol. The highest BCUT2D eigenvalue weighted by Crippen LogP contribution is 2.38. The monoisotopic (exact) mass is 664 g/mol. The Morgan fingerprint density at radius 1 is 0.717 bits per heavy atom. The molecule has 4 rings (SSSR count). The van der Waals surface area contributed by atoms with E-state index in [9.17, 15) is 44.7 Å². The van der Waals surface area contributed by atoms with E-state index in [1.165, 1.54) is 12.1 Å². The summed E-state index contributed by atoms with van der Waals surface area (Å²) in [6, 6.07) is 8.00. The van der Waals surface area contributed by atoms with E-state index in [0.717, 1.165) is 24.8 Å². The molecule has 12 heteroatoms. The van der Waals surface area contributed by atoms with Crippen LogP contribution < -0.4 is 0 Å². The summed E-state index contributed by atoms with van der Waals surface area (Å²) < 4.78 is 113. The molecule has 0 unspecified atom stereocenters. The Morgan fingerprint density at radius 2 is 1.20 bits per heavy atom. The summed E-state index contributed by atoms with van der Waals surface area (Å²) in [6.45, 7) is 3.96. The van der Waals surface area contributed by atoms with Crippen LogP contribution in [0.3, 0.4) is 0 Å². The minimum Gasteiger partial charge on any atom is -0.458 e. The van der Waals surface area contributed by atoms with E-state index < -0.39 is 54.3 Å². The first-order chi connectivity index (χ1) is 21.7. The number of hydrogen-bond acceptors (Lipinski definition) is 4. The van der Waals surface area contributed by atoms with E-state index in [2.05, 4.69) is 4.74 Å². The van der Waals surface area contributed by atoms with Crippen LogP contribution in [0.5, 0.6) is 0 Å². The van der Waals surface area contributed by atoms with Gasteiger partial charge < -0.3 is 9.47 Å². The molecule has 0 bridgehead atoms. The number of carbonyl (C=O) groups is 2. The summed E-state index contributed by atoms with van der Waals surface area (Å²) in [5.41, 5.74) is 2.24. The lowest BCUT2D eigenvalue weighted by Crippen LogP contribution is -2.32. The average Bonchev–Trinajstić information content (AvgIpc) is 2.98. The first kappa shape index (κ1) is 37.3. The van der Waals surface area contributed by atoms with Gasteiger partial charge >= 0.3 is 24.5 Å². The molecule has 0 amide bonds. The Bertz CT molecular complexity index is 1270. The van der Waals surface area contributed by atoms with E-state index in [1.54, 1.807) is 6.07 Å². The molecule has 2 fully saturated rings. The summed E-state index contributed by atoms with van der Waals surface area (Å²) >= 11 is 0. The lowest BCUT2D eigenvalue weighted by molar-refractivity contribution is -0.206. The van der Waals surface area contributed by atoms with Crippen molar-refractivity contribution in [3.05, 3.63) is 70.0 Å². The Kier molecular flexibility index (Phi) is 13.9. The fraction of sp³-hybridized carbons (Fsp3) is 0.588. The second-order valence-corrected chi connectivity index (χ2v) is 11.9. The van der Waals surface area contributed by atoms with Crippen LogP contribution in [0.15, 0.2) is 30.3 Å². The molecule has 46 heavy (non-hydrogen) atoms. The van der Waals surface area contributed by atoms with Crippen molar-refractivity contribution in [2.75, 3.05) is 0 Å². The molecule has 2 saturated carbocycles. The number of benzene rings is 2. The Hall–Kier alpha value is -3.18. The molecule has 256 valence electrons. The largest absolute Gasteiger partial charge is 0.490 e.